The van der Waals surface area contributed by atoms with Crippen molar-refractivity contribution in [1.29, 1.82) is 0 Å². The maximum atomic E-state index is 13.7. The second-order valence-corrected chi connectivity index (χ2v) is 12.2. The number of anilines is 1. The average Bonchev–Trinajstić information content (AvgIpc) is 3.35. The van der Waals surface area contributed by atoms with Crippen LogP contribution in [0.2, 0.25) is 0 Å². The Bertz CT molecular complexity index is 1370. The van der Waals surface area contributed by atoms with E-state index in [1.165, 1.54) is 11.8 Å². The fourth-order valence-electron chi connectivity index (χ4n) is 6.46. The van der Waals surface area contributed by atoms with Gasteiger partial charge >= 0.3 is 6.03 Å². The number of ether oxygens (including phenoxy) is 1. The van der Waals surface area contributed by atoms with Gasteiger partial charge in [-0.1, -0.05) is 42.8 Å². The summed E-state index contributed by atoms with van der Waals surface area (Å²) in [6.07, 6.45) is 4.32. The van der Waals surface area contributed by atoms with Crippen molar-refractivity contribution in [2.24, 2.45) is 11.7 Å². The van der Waals surface area contributed by atoms with Gasteiger partial charge in [0.2, 0.25) is 5.91 Å². The van der Waals surface area contributed by atoms with Gasteiger partial charge in [-0.3, -0.25) is 14.5 Å². The lowest BCUT2D eigenvalue weighted by molar-refractivity contribution is -0.122. The van der Waals surface area contributed by atoms with Crippen molar-refractivity contribution < 1.29 is 19.1 Å². The highest BCUT2D eigenvalue weighted by Gasteiger charge is 2.52. The van der Waals surface area contributed by atoms with E-state index in [1.54, 1.807) is 0 Å². The molecule has 11 heteroatoms. The minimum Gasteiger partial charge on any atom is -0.457 e. The third kappa shape index (κ3) is 5.53. The third-order valence-corrected chi connectivity index (χ3v) is 9.72. The average molecular weight is 577 g/mol. The van der Waals surface area contributed by atoms with Gasteiger partial charge in [0.25, 0.3) is 5.91 Å². The van der Waals surface area contributed by atoms with E-state index in [-0.39, 0.29) is 53.8 Å². The first-order valence-electron chi connectivity index (χ1n) is 14.3. The van der Waals surface area contributed by atoms with Crippen molar-refractivity contribution in [3.8, 4) is 11.5 Å². The molecule has 3 unspecified atom stereocenters. The molecular weight excluding hydrogens is 540 g/mol. The summed E-state index contributed by atoms with van der Waals surface area (Å²) in [6, 6.07) is 14.7. The van der Waals surface area contributed by atoms with Crippen LogP contribution in [0, 0.1) is 12.8 Å². The van der Waals surface area contributed by atoms with Crippen LogP contribution < -0.4 is 36.6 Å². The van der Waals surface area contributed by atoms with E-state index in [4.69, 9.17) is 10.5 Å². The van der Waals surface area contributed by atoms with Crippen molar-refractivity contribution >= 4 is 35.3 Å². The van der Waals surface area contributed by atoms with Crippen LogP contribution in [0.15, 0.2) is 59.1 Å². The Kier molecular flexibility index (Phi) is 7.92. The number of carbonyl (C=O) groups excluding carboxylic acids is 3. The summed E-state index contributed by atoms with van der Waals surface area (Å²) in [5.74, 6) is 0.984. The quantitative estimate of drug-likeness (QED) is 0.342. The van der Waals surface area contributed by atoms with Crippen LogP contribution in [-0.2, 0) is 9.59 Å². The number of nitrogens with one attached hydrogen (secondary N) is 4. The summed E-state index contributed by atoms with van der Waals surface area (Å²) in [6.45, 7) is 2.65. The highest BCUT2D eigenvalue weighted by Crippen LogP contribution is 2.48. The lowest BCUT2D eigenvalue weighted by atomic mass is 9.86. The van der Waals surface area contributed by atoms with E-state index >= 15 is 0 Å². The number of rotatable bonds is 7. The van der Waals surface area contributed by atoms with Crippen LogP contribution in [-0.4, -0.2) is 54.4 Å². The molecule has 2 saturated heterocycles. The molecule has 0 radical (unpaired) electrons. The van der Waals surface area contributed by atoms with Crippen molar-refractivity contribution in [1.82, 2.24) is 21.3 Å². The molecule has 2 aromatic rings. The number of hydrogen-bond acceptors (Lipinski definition) is 7. The maximum Gasteiger partial charge on any atom is 0.326 e. The van der Waals surface area contributed by atoms with Gasteiger partial charge in [-0.05, 0) is 68.6 Å². The Balaban J connectivity index is 1.22. The summed E-state index contributed by atoms with van der Waals surface area (Å²) in [5.41, 5.74) is 7.96. The number of nitrogens with two attached hydrogens (primary N) is 1. The Morgan fingerprint density at radius 2 is 1.80 bits per heavy atom. The monoisotopic (exact) mass is 576 g/mol. The summed E-state index contributed by atoms with van der Waals surface area (Å²) in [5, 5.41) is 12.7. The number of benzene rings is 2. The second-order valence-electron chi connectivity index (χ2n) is 11.0. The Morgan fingerprint density at radius 3 is 2.54 bits per heavy atom. The maximum absolute atomic E-state index is 13.7. The van der Waals surface area contributed by atoms with Gasteiger partial charge in [-0.15, -0.1) is 0 Å². The van der Waals surface area contributed by atoms with Gasteiger partial charge < -0.3 is 31.7 Å². The Labute approximate surface area is 243 Å². The number of nitrogens with zero attached hydrogens (tertiary/aromatic N) is 1. The van der Waals surface area contributed by atoms with Crippen LogP contribution in [0.3, 0.4) is 0 Å². The lowest BCUT2D eigenvalue weighted by Crippen LogP contribution is -2.62. The Hall–Kier alpha value is -3.54. The van der Waals surface area contributed by atoms with Crippen molar-refractivity contribution in [2.75, 3.05) is 18.0 Å². The topological polar surface area (TPSA) is 138 Å². The van der Waals surface area contributed by atoms with Crippen LogP contribution in [0.4, 0.5) is 10.5 Å². The predicted octanol–water partition coefficient (Wildman–Crippen LogP) is 3.08. The van der Waals surface area contributed by atoms with E-state index in [9.17, 15) is 14.4 Å². The van der Waals surface area contributed by atoms with Gasteiger partial charge in [0.15, 0.2) is 0 Å². The minimum atomic E-state index is -0.236. The number of para-hydroxylation sites is 1. The second kappa shape index (κ2) is 11.8. The molecule has 6 rings (SSSR count). The van der Waals surface area contributed by atoms with Crippen LogP contribution in [0.1, 0.15) is 37.7 Å². The zero-order valence-electron chi connectivity index (χ0n) is 23.0. The lowest BCUT2D eigenvalue weighted by Gasteiger charge is -2.46. The molecule has 5 atom stereocenters. The molecule has 0 bridgehead atoms. The number of hydrogen-bond donors (Lipinski definition) is 5. The molecular formula is C30H36N6O4S. The zero-order chi connectivity index (χ0) is 28.5. The SMILES string of the molecule is Cc1cc(Oc2ccccc2)ccc1N1C(=O)NC2=C(C(=O)N[C@@H]3CCCC[C@H]3NC(=O)CN)SC3NCCC1C23. The smallest absolute Gasteiger partial charge is 0.326 e. The molecule has 1 saturated carbocycles. The van der Waals surface area contributed by atoms with Gasteiger partial charge in [-0.2, -0.15) is 0 Å². The third-order valence-electron chi connectivity index (χ3n) is 8.37. The van der Waals surface area contributed by atoms with E-state index in [1.807, 2.05) is 60.4 Å². The van der Waals surface area contributed by atoms with Crippen molar-refractivity contribution in [3.63, 3.8) is 0 Å². The molecule has 0 spiro atoms. The molecule has 10 nitrogen and oxygen atoms in total. The van der Waals surface area contributed by atoms with Gasteiger partial charge in [-0.25, -0.2) is 4.79 Å². The largest absolute Gasteiger partial charge is 0.457 e. The first-order valence-corrected chi connectivity index (χ1v) is 15.2. The van der Waals surface area contributed by atoms with Gasteiger partial charge in [0, 0.05) is 29.4 Å². The standard InChI is InChI=1S/C30H36N6O4S/c1-17-15-19(40-18-7-3-2-4-8-18)11-12-22(17)36-23-13-14-32-29-25(23)26(35-30(36)39)27(41-29)28(38)34-21-10-6-5-9-20(21)33-24(37)16-31/h2-4,7-8,11-12,15,20-21,23,25,29,32H,5-6,9-10,13-14,16,31H2,1H3,(H,33,37)(H,34,38)(H,35,39)/t20-,21-,23?,25?,29?/m1/s1. The fourth-order valence-corrected chi connectivity index (χ4v) is 7.86. The molecule has 216 valence electrons. The Morgan fingerprint density at radius 1 is 1.05 bits per heavy atom. The molecule has 3 aliphatic heterocycles. The highest BCUT2D eigenvalue weighted by molar-refractivity contribution is 8.04. The number of amides is 4. The molecule has 6 N–H and O–H groups in total. The summed E-state index contributed by atoms with van der Waals surface area (Å²) in [4.78, 5) is 41.6. The molecule has 4 amide bonds. The molecule has 0 aromatic heterocycles. The van der Waals surface area contributed by atoms with Crippen LogP contribution >= 0.6 is 11.8 Å². The molecule has 1 aliphatic carbocycles. The zero-order valence-corrected chi connectivity index (χ0v) is 23.8. The number of urea groups is 1. The highest BCUT2D eigenvalue weighted by atomic mass is 32.2. The molecule has 3 fully saturated rings. The van der Waals surface area contributed by atoms with Gasteiger partial charge in [0.05, 0.1) is 22.9 Å². The van der Waals surface area contributed by atoms with E-state index < -0.39 is 0 Å². The fraction of sp³-hybridized carbons (Fsp3) is 0.433. The predicted molar refractivity (Wildman–Crippen MR) is 158 cm³/mol. The summed E-state index contributed by atoms with van der Waals surface area (Å²) >= 11 is 1.48. The van der Waals surface area contributed by atoms with Crippen molar-refractivity contribution in [2.45, 2.75) is 62.5 Å². The number of aryl methyl sites for hydroxylation is 1. The van der Waals surface area contributed by atoms with E-state index in [2.05, 4.69) is 21.3 Å². The van der Waals surface area contributed by atoms with Crippen molar-refractivity contribution in [3.05, 3.63) is 64.7 Å². The first-order chi connectivity index (χ1) is 19.9. The number of thioether (sulfide) groups is 1. The van der Waals surface area contributed by atoms with E-state index in [0.29, 0.717) is 16.4 Å². The van der Waals surface area contributed by atoms with Gasteiger partial charge in [0.1, 0.15) is 11.5 Å². The number of carbonyl (C=O) groups is 3. The molecule has 3 heterocycles. The molecule has 2 aromatic carbocycles. The molecule has 4 aliphatic rings. The minimum absolute atomic E-state index is 0.0207. The normalized spacial score (nSPS) is 27.1. The summed E-state index contributed by atoms with van der Waals surface area (Å²) < 4.78 is 6.00. The van der Waals surface area contributed by atoms with Crippen LogP contribution in [0.25, 0.3) is 0 Å². The van der Waals surface area contributed by atoms with Crippen LogP contribution in [0.5, 0.6) is 11.5 Å². The van der Waals surface area contributed by atoms with E-state index in [0.717, 1.165) is 55.6 Å². The molecule has 41 heavy (non-hydrogen) atoms. The first kappa shape index (κ1) is 27.6. The summed E-state index contributed by atoms with van der Waals surface area (Å²) in [7, 11) is 0. The number of piperidine rings is 1.